The zero-order chi connectivity index (χ0) is 12.8. The van der Waals surface area contributed by atoms with E-state index >= 15 is 0 Å². The smallest absolute Gasteiger partial charge is 0.306 e. The average molecular weight is 269 g/mol. The Morgan fingerprint density at radius 1 is 1.33 bits per heavy atom. The Morgan fingerprint density at radius 2 is 2.17 bits per heavy atom. The molecule has 1 aliphatic heterocycles. The molecule has 1 N–H and O–H groups in total. The monoisotopic (exact) mass is 268 g/mol. The summed E-state index contributed by atoms with van der Waals surface area (Å²) >= 11 is 5.59. The Labute approximate surface area is 112 Å². The minimum absolute atomic E-state index is 0.203. The van der Waals surface area contributed by atoms with Crippen LogP contribution in [0.1, 0.15) is 18.4 Å². The number of para-hydroxylation sites is 1. The van der Waals surface area contributed by atoms with Crippen LogP contribution < -0.4 is 5.32 Å². The molecule has 0 saturated carbocycles. The summed E-state index contributed by atoms with van der Waals surface area (Å²) in [6.45, 7) is 1.10. The largest absolute Gasteiger partial charge is 0.345 e. The van der Waals surface area contributed by atoms with Crippen LogP contribution in [0.25, 0.3) is 0 Å². The summed E-state index contributed by atoms with van der Waals surface area (Å²) in [7, 11) is 0. The normalized spacial score (nSPS) is 14.9. The first-order valence-corrected chi connectivity index (χ1v) is 6.70. The molecule has 0 spiro atoms. The van der Waals surface area contributed by atoms with Gasteiger partial charge in [0.2, 0.25) is 0 Å². The van der Waals surface area contributed by atoms with Gasteiger partial charge >= 0.3 is 6.03 Å². The van der Waals surface area contributed by atoms with Crippen molar-refractivity contribution in [2.45, 2.75) is 19.3 Å². The van der Waals surface area contributed by atoms with Crippen LogP contribution in [-0.2, 0) is 11.3 Å². The van der Waals surface area contributed by atoms with Crippen LogP contribution in [0.4, 0.5) is 10.5 Å². The maximum absolute atomic E-state index is 11.9. The molecule has 98 valence electrons. The standard InChI is InChI=1S/C13H17ClN2O2/c14-8-3-4-10-18-16-9-7-11-5-1-2-6-12(11)15-13(16)17/h1-2,5-6H,3-4,7-10H2,(H,15,17). The Bertz CT molecular complexity index is 412. The van der Waals surface area contributed by atoms with Crippen molar-refractivity contribution in [1.29, 1.82) is 0 Å². The van der Waals surface area contributed by atoms with E-state index in [-0.39, 0.29) is 6.03 Å². The predicted molar refractivity (Wildman–Crippen MR) is 71.8 cm³/mol. The average Bonchev–Trinajstić information content (AvgIpc) is 2.54. The first-order chi connectivity index (χ1) is 8.81. The number of halogens is 1. The highest BCUT2D eigenvalue weighted by Gasteiger charge is 2.20. The first-order valence-electron chi connectivity index (χ1n) is 6.16. The van der Waals surface area contributed by atoms with Crippen molar-refractivity contribution in [2.24, 2.45) is 0 Å². The molecular weight excluding hydrogens is 252 g/mol. The summed E-state index contributed by atoms with van der Waals surface area (Å²) < 4.78 is 0. The van der Waals surface area contributed by atoms with Crippen LogP contribution in [0, 0.1) is 0 Å². The second-order valence-corrected chi connectivity index (χ2v) is 4.55. The molecule has 2 rings (SSSR count). The minimum Gasteiger partial charge on any atom is -0.306 e. The van der Waals surface area contributed by atoms with E-state index in [0.717, 1.165) is 30.5 Å². The van der Waals surface area contributed by atoms with E-state index in [2.05, 4.69) is 5.32 Å². The van der Waals surface area contributed by atoms with Crippen molar-refractivity contribution >= 4 is 23.3 Å². The van der Waals surface area contributed by atoms with Gasteiger partial charge in [0.1, 0.15) is 0 Å². The summed E-state index contributed by atoms with van der Waals surface area (Å²) in [6.07, 6.45) is 2.56. The molecule has 1 aliphatic rings. The maximum atomic E-state index is 11.9. The molecule has 5 heteroatoms. The molecule has 1 aromatic carbocycles. The van der Waals surface area contributed by atoms with Crippen molar-refractivity contribution in [3.8, 4) is 0 Å². The number of hydrogen-bond acceptors (Lipinski definition) is 2. The highest BCUT2D eigenvalue weighted by molar-refractivity contribution is 6.17. The number of urea groups is 1. The van der Waals surface area contributed by atoms with Gasteiger partial charge in [-0.15, -0.1) is 11.6 Å². The Balaban J connectivity index is 1.91. The van der Waals surface area contributed by atoms with Gasteiger partial charge < -0.3 is 5.32 Å². The van der Waals surface area contributed by atoms with Gasteiger partial charge in [0.25, 0.3) is 0 Å². The van der Waals surface area contributed by atoms with Crippen LogP contribution in [0.5, 0.6) is 0 Å². The van der Waals surface area contributed by atoms with E-state index in [9.17, 15) is 4.79 Å². The van der Waals surface area contributed by atoms with Gasteiger partial charge in [0.15, 0.2) is 0 Å². The van der Waals surface area contributed by atoms with Gasteiger partial charge in [0.05, 0.1) is 13.2 Å². The molecule has 0 atom stereocenters. The number of nitrogens with zero attached hydrogens (tertiary/aromatic N) is 1. The number of amides is 2. The number of fused-ring (bicyclic) bond motifs is 1. The Kier molecular flexibility index (Phi) is 4.84. The van der Waals surface area contributed by atoms with Crippen molar-refractivity contribution < 1.29 is 9.63 Å². The van der Waals surface area contributed by atoms with Gasteiger partial charge in [-0.2, -0.15) is 0 Å². The molecule has 0 fully saturated rings. The Hall–Kier alpha value is -1.26. The molecule has 4 nitrogen and oxygen atoms in total. The topological polar surface area (TPSA) is 41.6 Å². The molecule has 18 heavy (non-hydrogen) atoms. The number of anilines is 1. The number of nitrogens with one attached hydrogen (secondary N) is 1. The lowest BCUT2D eigenvalue weighted by Crippen LogP contribution is -2.35. The van der Waals surface area contributed by atoms with Gasteiger partial charge in [-0.3, -0.25) is 4.84 Å². The van der Waals surface area contributed by atoms with E-state index in [1.807, 2.05) is 24.3 Å². The molecule has 0 saturated heterocycles. The first kappa shape index (κ1) is 13.2. The highest BCUT2D eigenvalue weighted by Crippen LogP contribution is 2.19. The molecular formula is C13H17ClN2O2. The molecule has 1 heterocycles. The van der Waals surface area contributed by atoms with Gasteiger partial charge in [-0.25, -0.2) is 9.86 Å². The lowest BCUT2D eigenvalue weighted by atomic mass is 10.1. The highest BCUT2D eigenvalue weighted by atomic mass is 35.5. The fraction of sp³-hybridized carbons (Fsp3) is 0.462. The molecule has 2 amide bonds. The van der Waals surface area contributed by atoms with Gasteiger partial charge in [-0.1, -0.05) is 18.2 Å². The Morgan fingerprint density at radius 3 is 3.00 bits per heavy atom. The van der Waals surface area contributed by atoms with Crippen LogP contribution in [-0.4, -0.2) is 30.1 Å². The summed E-state index contributed by atoms with van der Waals surface area (Å²) in [5.74, 6) is 0.626. The third-order valence-electron chi connectivity index (χ3n) is 2.84. The van der Waals surface area contributed by atoms with Crippen LogP contribution in [0.3, 0.4) is 0 Å². The fourth-order valence-electron chi connectivity index (χ4n) is 1.86. The summed E-state index contributed by atoms with van der Waals surface area (Å²) in [6, 6.07) is 7.61. The van der Waals surface area contributed by atoms with Crippen molar-refractivity contribution in [2.75, 3.05) is 24.3 Å². The molecule has 0 aliphatic carbocycles. The van der Waals surface area contributed by atoms with Gasteiger partial charge in [0, 0.05) is 11.6 Å². The number of unbranched alkanes of at least 4 members (excludes halogenated alkanes) is 1. The van der Waals surface area contributed by atoms with Crippen LogP contribution in [0.15, 0.2) is 24.3 Å². The second-order valence-electron chi connectivity index (χ2n) is 4.17. The molecule has 1 aromatic rings. The number of benzene rings is 1. The third kappa shape index (κ3) is 3.37. The van der Waals surface area contributed by atoms with E-state index in [1.165, 1.54) is 5.06 Å². The molecule has 0 aromatic heterocycles. The quantitative estimate of drug-likeness (QED) is 0.659. The van der Waals surface area contributed by atoms with E-state index in [1.54, 1.807) is 0 Å². The van der Waals surface area contributed by atoms with E-state index in [0.29, 0.717) is 19.0 Å². The molecule has 0 bridgehead atoms. The lowest BCUT2D eigenvalue weighted by Gasteiger charge is -2.19. The zero-order valence-corrected chi connectivity index (χ0v) is 10.9. The molecule has 0 unspecified atom stereocenters. The summed E-state index contributed by atoms with van der Waals surface area (Å²) in [5.41, 5.74) is 2.01. The lowest BCUT2D eigenvalue weighted by molar-refractivity contribution is -0.113. The summed E-state index contributed by atoms with van der Waals surface area (Å²) in [5, 5.41) is 4.25. The second kappa shape index (κ2) is 6.61. The van der Waals surface area contributed by atoms with Crippen molar-refractivity contribution in [1.82, 2.24) is 5.06 Å². The van der Waals surface area contributed by atoms with Crippen LogP contribution in [0.2, 0.25) is 0 Å². The predicted octanol–water partition coefficient (Wildman–Crippen LogP) is 3.03. The number of alkyl halides is 1. The van der Waals surface area contributed by atoms with Crippen LogP contribution >= 0.6 is 11.6 Å². The SMILES string of the molecule is O=C1Nc2ccccc2CCN1OCCCCCl. The number of carbonyl (C=O) groups excluding carboxylic acids is 1. The summed E-state index contributed by atoms with van der Waals surface area (Å²) in [4.78, 5) is 17.4. The number of carbonyl (C=O) groups is 1. The zero-order valence-electron chi connectivity index (χ0n) is 10.2. The van der Waals surface area contributed by atoms with Crippen molar-refractivity contribution in [3.63, 3.8) is 0 Å². The number of rotatable bonds is 5. The molecule has 0 radical (unpaired) electrons. The van der Waals surface area contributed by atoms with Crippen molar-refractivity contribution in [3.05, 3.63) is 29.8 Å². The number of hydrogen-bond donors (Lipinski definition) is 1. The minimum atomic E-state index is -0.203. The van der Waals surface area contributed by atoms with E-state index in [4.69, 9.17) is 16.4 Å². The number of hydroxylamine groups is 2. The van der Waals surface area contributed by atoms with Gasteiger partial charge in [-0.05, 0) is 30.9 Å². The maximum Gasteiger partial charge on any atom is 0.345 e. The third-order valence-corrected chi connectivity index (χ3v) is 3.11. The van der Waals surface area contributed by atoms with E-state index < -0.39 is 0 Å². The fourth-order valence-corrected chi connectivity index (χ4v) is 2.04.